The predicted octanol–water partition coefficient (Wildman–Crippen LogP) is 1.98. The minimum atomic E-state index is -4.35. The van der Waals surface area contributed by atoms with Crippen LogP contribution in [0, 0.1) is 13.8 Å². The highest BCUT2D eigenvalue weighted by molar-refractivity contribution is 7.85. The van der Waals surface area contributed by atoms with E-state index in [2.05, 4.69) is 15.6 Å². The number of rotatable bonds is 8. The maximum absolute atomic E-state index is 12.1. The standard InChI is InChI=1S/C20H29N3O5S/c1-6-15-12(3)20(25)23-17(15)10-16-13(4)19(14(5)22-16)11(2)9-18(24)21-7-8-29(26,27)28/h10-11,22H,6-9H2,1-5H3,(H,21,24)(H,23,25)(H,26,27,28)/p-1/b17-10-. The van der Waals surface area contributed by atoms with Gasteiger partial charge in [-0.15, -0.1) is 0 Å². The highest BCUT2D eigenvalue weighted by Crippen LogP contribution is 2.31. The molecule has 1 unspecified atom stereocenters. The van der Waals surface area contributed by atoms with Crippen molar-refractivity contribution >= 4 is 28.0 Å². The van der Waals surface area contributed by atoms with E-state index in [4.69, 9.17) is 0 Å². The number of aromatic amines is 1. The first-order valence-corrected chi connectivity index (χ1v) is 11.1. The summed E-state index contributed by atoms with van der Waals surface area (Å²) in [4.78, 5) is 27.4. The van der Waals surface area contributed by atoms with Crippen molar-refractivity contribution in [3.05, 3.63) is 39.4 Å². The van der Waals surface area contributed by atoms with Gasteiger partial charge in [0.25, 0.3) is 5.91 Å². The summed E-state index contributed by atoms with van der Waals surface area (Å²) in [6.07, 6.45) is 2.84. The molecule has 0 aliphatic carbocycles. The second-order valence-corrected chi connectivity index (χ2v) is 8.91. The summed E-state index contributed by atoms with van der Waals surface area (Å²) in [6, 6.07) is 0. The Labute approximate surface area is 171 Å². The Hall–Kier alpha value is -2.39. The zero-order valence-corrected chi connectivity index (χ0v) is 18.2. The SMILES string of the molecule is CCC1=C(C)C(=O)N/C1=C\c1[nH]c(C)c(C(C)CC(=O)NCCS(=O)(=O)[O-])c1C. The van der Waals surface area contributed by atoms with Crippen LogP contribution in [0.1, 0.15) is 62.0 Å². The average Bonchev–Trinajstić information content (AvgIpc) is 3.02. The van der Waals surface area contributed by atoms with E-state index in [0.29, 0.717) is 0 Å². The number of nitrogens with one attached hydrogen (secondary N) is 3. The van der Waals surface area contributed by atoms with Gasteiger partial charge < -0.3 is 20.2 Å². The van der Waals surface area contributed by atoms with E-state index < -0.39 is 15.9 Å². The summed E-state index contributed by atoms with van der Waals surface area (Å²) in [5.41, 5.74) is 6.31. The highest BCUT2D eigenvalue weighted by Gasteiger charge is 2.24. The molecule has 0 radical (unpaired) electrons. The van der Waals surface area contributed by atoms with Crippen molar-refractivity contribution in [3.8, 4) is 0 Å². The number of carbonyl (C=O) groups is 2. The molecule has 0 spiro atoms. The molecular formula is C20H28N3O5S-. The molecule has 0 aromatic carbocycles. The zero-order chi connectivity index (χ0) is 21.9. The van der Waals surface area contributed by atoms with Crippen LogP contribution in [0.2, 0.25) is 0 Å². The predicted molar refractivity (Wildman–Crippen MR) is 110 cm³/mol. The van der Waals surface area contributed by atoms with Crippen molar-refractivity contribution in [1.82, 2.24) is 15.6 Å². The molecule has 1 aliphatic heterocycles. The number of aryl methyl sites for hydroxylation is 1. The van der Waals surface area contributed by atoms with Gasteiger partial charge in [-0.3, -0.25) is 9.59 Å². The van der Waals surface area contributed by atoms with Crippen LogP contribution in [0.3, 0.4) is 0 Å². The first-order valence-electron chi connectivity index (χ1n) is 9.57. The van der Waals surface area contributed by atoms with E-state index in [0.717, 1.165) is 45.8 Å². The quantitative estimate of drug-likeness (QED) is 0.551. The van der Waals surface area contributed by atoms with Crippen LogP contribution >= 0.6 is 0 Å². The highest BCUT2D eigenvalue weighted by atomic mass is 32.2. The molecule has 1 aromatic heterocycles. The topological polar surface area (TPSA) is 131 Å². The summed E-state index contributed by atoms with van der Waals surface area (Å²) < 4.78 is 31.9. The third kappa shape index (κ3) is 5.57. The van der Waals surface area contributed by atoms with Crippen molar-refractivity contribution in [3.63, 3.8) is 0 Å². The lowest BCUT2D eigenvalue weighted by atomic mass is 9.93. The molecule has 8 nitrogen and oxygen atoms in total. The number of carbonyl (C=O) groups excluding carboxylic acids is 2. The van der Waals surface area contributed by atoms with Crippen molar-refractivity contribution in [1.29, 1.82) is 0 Å². The van der Waals surface area contributed by atoms with Crippen LogP contribution in [-0.2, 0) is 19.7 Å². The number of allylic oxidation sites excluding steroid dienone is 1. The number of hydrogen-bond donors (Lipinski definition) is 3. The summed E-state index contributed by atoms with van der Waals surface area (Å²) in [7, 11) is -4.35. The van der Waals surface area contributed by atoms with Gasteiger partial charge in [0.2, 0.25) is 5.91 Å². The normalized spacial score (nSPS) is 17.0. The molecule has 3 N–H and O–H groups in total. The van der Waals surface area contributed by atoms with Crippen molar-refractivity contribution in [2.45, 2.75) is 53.4 Å². The maximum Gasteiger partial charge on any atom is 0.251 e. The van der Waals surface area contributed by atoms with Gasteiger partial charge in [-0.2, -0.15) is 0 Å². The Bertz CT molecular complexity index is 986. The molecule has 1 aliphatic rings. The van der Waals surface area contributed by atoms with Gasteiger partial charge >= 0.3 is 0 Å². The van der Waals surface area contributed by atoms with E-state index in [-0.39, 0.29) is 30.7 Å². The molecule has 0 saturated heterocycles. The van der Waals surface area contributed by atoms with Crippen molar-refractivity contribution in [2.24, 2.45) is 0 Å². The molecule has 0 bridgehead atoms. The van der Waals surface area contributed by atoms with Gasteiger partial charge in [-0.05, 0) is 55.9 Å². The Morgan fingerprint density at radius 1 is 1.28 bits per heavy atom. The molecule has 2 amide bonds. The fourth-order valence-electron chi connectivity index (χ4n) is 3.79. The Morgan fingerprint density at radius 2 is 1.93 bits per heavy atom. The summed E-state index contributed by atoms with van der Waals surface area (Å²) in [5.74, 6) is -1.12. The molecular weight excluding hydrogens is 394 g/mol. The van der Waals surface area contributed by atoms with Gasteiger partial charge in [-0.1, -0.05) is 13.8 Å². The number of amides is 2. The van der Waals surface area contributed by atoms with Crippen molar-refractivity contribution in [2.75, 3.05) is 12.3 Å². The minimum absolute atomic E-state index is 0.0839. The van der Waals surface area contributed by atoms with Crippen LogP contribution < -0.4 is 10.6 Å². The molecule has 29 heavy (non-hydrogen) atoms. The first kappa shape index (κ1) is 22.9. The van der Waals surface area contributed by atoms with Crippen LogP contribution in [-0.4, -0.2) is 42.1 Å². The van der Waals surface area contributed by atoms with Crippen LogP contribution in [0.25, 0.3) is 6.08 Å². The number of aromatic nitrogens is 1. The monoisotopic (exact) mass is 422 g/mol. The smallest absolute Gasteiger partial charge is 0.251 e. The lowest BCUT2D eigenvalue weighted by molar-refractivity contribution is -0.121. The Morgan fingerprint density at radius 3 is 2.52 bits per heavy atom. The third-order valence-corrected chi connectivity index (χ3v) is 5.91. The van der Waals surface area contributed by atoms with Gasteiger partial charge in [0.15, 0.2) is 0 Å². The van der Waals surface area contributed by atoms with E-state index in [1.165, 1.54) is 0 Å². The second-order valence-electron chi connectivity index (χ2n) is 7.39. The number of H-pyrrole nitrogens is 1. The van der Waals surface area contributed by atoms with Crippen LogP contribution in [0.5, 0.6) is 0 Å². The molecule has 2 rings (SSSR count). The fraction of sp³-hybridized carbons (Fsp3) is 0.500. The van der Waals surface area contributed by atoms with Crippen molar-refractivity contribution < 1.29 is 22.6 Å². The summed E-state index contributed by atoms with van der Waals surface area (Å²) >= 11 is 0. The van der Waals surface area contributed by atoms with E-state index in [1.807, 2.05) is 40.7 Å². The molecule has 1 atom stereocenters. The maximum atomic E-state index is 12.1. The first-order chi connectivity index (χ1) is 13.4. The zero-order valence-electron chi connectivity index (χ0n) is 17.4. The van der Waals surface area contributed by atoms with Gasteiger partial charge in [0, 0.05) is 35.6 Å². The lowest BCUT2D eigenvalue weighted by Crippen LogP contribution is -2.29. The van der Waals surface area contributed by atoms with Gasteiger partial charge in [0.1, 0.15) is 0 Å². The lowest BCUT2D eigenvalue weighted by Gasteiger charge is -2.14. The van der Waals surface area contributed by atoms with Crippen LogP contribution in [0.15, 0.2) is 16.8 Å². The fourth-order valence-corrected chi connectivity index (χ4v) is 4.15. The molecule has 2 heterocycles. The Balaban J connectivity index is 2.16. The largest absolute Gasteiger partial charge is 0.748 e. The second kappa shape index (κ2) is 8.96. The van der Waals surface area contributed by atoms with Crippen LogP contribution in [0.4, 0.5) is 0 Å². The summed E-state index contributed by atoms with van der Waals surface area (Å²) in [5, 5.41) is 5.37. The van der Waals surface area contributed by atoms with Gasteiger partial charge in [-0.25, -0.2) is 8.42 Å². The Kier molecular flexibility index (Phi) is 7.07. The molecule has 1 aromatic rings. The van der Waals surface area contributed by atoms with E-state index in [9.17, 15) is 22.6 Å². The summed E-state index contributed by atoms with van der Waals surface area (Å²) in [6.45, 7) is 9.43. The van der Waals surface area contributed by atoms with E-state index in [1.54, 1.807) is 0 Å². The molecule has 9 heteroatoms. The molecule has 0 fully saturated rings. The average molecular weight is 423 g/mol. The number of hydrogen-bond acceptors (Lipinski definition) is 5. The molecule has 160 valence electrons. The third-order valence-electron chi connectivity index (χ3n) is 5.20. The molecule has 0 saturated carbocycles. The van der Waals surface area contributed by atoms with E-state index >= 15 is 0 Å². The van der Waals surface area contributed by atoms with Gasteiger partial charge in [0.05, 0.1) is 15.9 Å². The minimum Gasteiger partial charge on any atom is -0.748 e.